The van der Waals surface area contributed by atoms with Gasteiger partial charge in [-0.15, -0.1) is 5.10 Å². The third kappa shape index (κ3) is 2.69. The van der Waals surface area contributed by atoms with Crippen molar-refractivity contribution in [3.63, 3.8) is 0 Å². The van der Waals surface area contributed by atoms with E-state index in [0.717, 1.165) is 6.42 Å². The Hall–Kier alpha value is -1.79. The van der Waals surface area contributed by atoms with E-state index in [1.165, 1.54) is 17.5 Å². The van der Waals surface area contributed by atoms with E-state index in [1.807, 2.05) is 19.2 Å². The topological polar surface area (TPSA) is 77.0 Å². The SMILES string of the molecule is CN(Cn1nnc2ccccc2c1=O)C1CCCC1CN. The molecule has 1 aromatic carbocycles. The average Bonchev–Trinajstić information content (AvgIpc) is 2.99. The van der Waals surface area contributed by atoms with Crippen molar-refractivity contribution >= 4 is 10.9 Å². The van der Waals surface area contributed by atoms with E-state index in [-0.39, 0.29) is 5.56 Å². The highest BCUT2D eigenvalue weighted by Gasteiger charge is 2.29. The van der Waals surface area contributed by atoms with Crippen molar-refractivity contribution in [3.05, 3.63) is 34.6 Å². The van der Waals surface area contributed by atoms with Crippen LogP contribution in [0.3, 0.4) is 0 Å². The molecular formula is C15H21N5O. The van der Waals surface area contributed by atoms with Crippen molar-refractivity contribution in [1.82, 2.24) is 19.9 Å². The van der Waals surface area contributed by atoms with Crippen LogP contribution in [-0.4, -0.2) is 39.5 Å². The standard InChI is InChI=1S/C15H21N5O/c1-19(14-8-4-5-11(14)9-16)10-20-15(21)12-6-2-3-7-13(12)17-18-20/h2-3,6-7,11,14H,4-5,8-10,16H2,1H3. The van der Waals surface area contributed by atoms with E-state index < -0.39 is 0 Å². The van der Waals surface area contributed by atoms with Gasteiger partial charge in [-0.1, -0.05) is 23.8 Å². The number of fused-ring (bicyclic) bond motifs is 1. The van der Waals surface area contributed by atoms with Crippen LogP contribution in [0.5, 0.6) is 0 Å². The van der Waals surface area contributed by atoms with Gasteiger partial charge in [-0.05, 0) is 44.5 Å². The summed E-state index contributed by atoms with van der Waals surface area (Å²) in [7, 11) is 2.03. The quantitative estimate of drug-likeness (QED) is 0.900. The van der Waals surface area contributed by atoms with E-state index in [9.17, 15) is 4.79 Å². The second-order valence-electron chi connectivity index (χ2n) is 5.80. The lowest BCUT2D eigenvalue weighted by Gasteiger charge is -2.28. The molecule has 1 aromatic heterocycles. The third-order valence-electron chi connectivity index (χ3n) is 4.47. The van der Waals surface area contributed by atoms with Gasteiger partial charge in [-0.2, -0.15) is 4.68 Å². The second kappa shape index (κ2) is 5.91. The first-order valence-electron chi connectivity index (χ1n) is 7.43. The highest BCUT2D eigenvalue weighted by atomic mass is 16.1. The van der Waals surface area contributed by atoms with Crippen LogP contribution in [0.25, 0.3) is 10.9 Å². The molecule has 0 radical (unpaired) electrons. The Balaban J connectivity index is 1.85. The van der Waals surface area contributed by atoms with Gasteiger partial charge < -0.3 is 5.73 Å². The molecule has 0 amide bonds. The minimum absolute atomic E-state index is 0.0882. The van der Waals surface area contributed by atoms with Crippen molar-refractivity contribution in [2.75, 3.05) is 13.6 Å². The second-order valence-corrected chi connectivity index (χ2v) is 5.80. The lowest BCUT2D eigenvalue weighted by Crippen LogP contribution is -2.41. The van der Waals surface area contributed by atoms with Crippen LogP contribution in [0, 0.1) is 5.92 Å². The minimum atomic E-state index is -0.0882. The molecule has 0 saturated heterocycles. The Labute approximate surface area is 123 Å². The van der Waals surface area contributed by atoms with Crippen molar-refractivity contribution in [2.24, 2.45) is 11.7 Å². The zero-order chi connectivity index (χ0) is 14.8. The Kier molecular flexibility index (Phi) is 3.98. The molecule has 1 saturated carbocycles. The maximum Gasteiger partial charge on any atom is 0.278 e. The van der Waals surface area contributed by atoms with E-state index >= 15 is 0 Å². The van der Waals surface area contributed by atoms with Crippen LogP contribution in [0.15, 0.2) is 29.1 Å². The smallest absolute Gasteiger partial charge is 0.278 e. The predicted octanol–water partition coefficient (Wildman–Crippen LogP) is 0.808. The maximum atomic E-state index is 12.4. The molecule has 1 heterocycles. The molecule has 1 fully saturated rings. The van der Waals surface area contributed by atoms with Gasteiger partial charge in [-0.3, -0.25) is 9.69 Å². The number of nitrogens with two attached hydrogens (primary N) is 1. The van der Waals surface area contributed by atoms with E-state index in [1.54, 1.807) is 12.1 Å². The van der Waals surface area contributed by atoms with Crippen LogP contribution >= 0.6 is 0 Å². The normalized spacial score (nSPS) is 22.2. The van der Waals surface area contributed by atoms with Gasteiger partial charge in [0.05, 0.1) is 12.1 Å². The largest absolute Gasteiger partial charge is 0.330 e. The fourth-order valence-electron chi connectivity index (χ4n) is 3.30. The third-order valence-corrected chi connectivity index (χ3v) is 4.47. The summed E-state index contributed by atoms with van der Waals surface area (Å²) in [5, 5.41) is 8.79. The van der Waals surface area contributed by atoms with E-state index in [0.29, 0.717) is 36.1 Å². The maximum absolute atomic E-state index is 12.4. The Morgan fingerprint density at radius 1 is 1.38 bits per heavy atom. The zero-order valence-corrected chi connectivity index (χ0v) is 12.3. The van der Waals surface area contributed by atoms with Crippen molar-refractivity contribution < 1.29 is 0 Å². The van der Waals surface area contributed by atoms with Gasteiger partial charge in [0.15, 0.2) is 0 Å². The van der Waals surface area contributed by atoms with Gasteiger partial charge in [0, 0.05) is 6.04 Å². The number of hydrogen-bond donors (Lipinski definition) is 1. The molecule has 1 aliphatic rings. The van der Waals surface area contributed by atoms with Crippen LogP contribution < -0.4 is 11.3 Å². The first kappa shape index (κ1) is 14.2. The summed E-state index contributed by atoms with van der Waals surface area (Å²) in [6, 6.07) is 7.73. The first-order valence-corrected chi connectivity index (χ1v) is 7.43. The summed E-state index contributed by atoms with van der Waals surface area (Å²) in [4.78, 5) is 14.6. The summed E-state index contributed by atoms with van der Waals surface area (Å²) in [6.07, 6.45) is 3.51. The molecular weight excluding hydrogens is 266 g/mol. The molecule has 21 heavy (non-hydrogen) atoms. The molecule has 0 bridgehead atoms. The number of rotatable bonds is 4. The van der Waals surface area contributed by atoms with Crippen molar-refractivity contribution in [3.8, 4) is 0 Å². The number of hydrogen-bond acceptors (Lipinski definition) is 5. The molecule has 6 heteroatoms. The summed E-state index contributed by atoms with van der Waals surface area (Å²) in [6.45, 7) is 1.16. The highest BCUT2D eigenvalue weighted by Crippen LogP contribution is 2.28. The molecule has 112 valence electrons. The van der Waals surface area contributed by atoms with Gasteiger partial charge >= 0.3 is 0 Å². The highest BCUT2D eigenvalue weighted by molar-refractivity contribution is 5.76. The predicted molar refractivity (Wildman–Crippen MR) is 81.7 cm³/mol. The molecule has 3 rings (SSSR count). The average molecular weight is 287 g/mol. The van der Waals surface area contributed by atoms with Crippen molar-refractivity contribution in [1.29, 1.82) is 0 Å². The fourth-order valence-corrected chi connectivity index (χ4v) is 3.30. The summed E-state index contributed by atoms with van der Waals surface area (Å²) >= 11 is 0. The van der Waals surface area contributed by atoms with E-state index in [4.69, 9.17) is 5.73 Å². The molecule has 2 unspecified atom stereocenters. The fraction of sp³-hybridized carbons (Fsp3) is 0.533. The number of benzene rings is 1. The number of nitrogens with zero attached hydrogens (tertiary/aromatic N) is 4. The summed E-state index contributed by atoms with van der Waals surface area (Å²) < 4.78 is 1.44. The van der Waals surface area contributed by atoms with Gasteiger partial charge in [0.25, 0.3) is 5.56 Å². The monoisotopic (exact) mass is 287 g/mol. The van der Waals surface area contributed by atoms with Gasteiger partial charge in [0.2, 0.25) is 0 Å². The van der Waals surface area contributed by atoms with Crippen LogP contribution in [0.1, 0.15) is 19.3 Å². The van der Waals surface area contributed by atoms with Crippen LogP contribution in [0.4, 0.5) is 0 Å². The number of aromatic nitrogens is 3. The minimum Gasteiger partial charge on any atom is -0.330 e. The van der Waals surface area contributed by atoms with Crippen LogP contribution in [0.2, 0.25) is 0 Å². The Bertz CT molecular complexity index is 683. The lowest BCUT2D eigenvalue weighted by atomic mass is 10.0. The molecule has 2 aromatic rings. The Morgan fingerprint density at radius 3 is 3.00 bits per heavy atom. The molecule has 2 N–H and O–H groups in total. The Morgan fingerprint density at radius 2 is 2.19 bits per heavy atom. The molecule has 0 spiro atoms. The molecule has 1 aliphatic carbocycles. The summed E-state index contributed by atoms with van der Waals surface area (Å²) in [5.74, 6) is 0.513. The van der Waals surface area contributed by atoms with E-state index in [2.05, 4.69) is 15.2 Å². The molecule has 0 aliphatic heterocycles. The lowest BCUT2D eigenvalue weighted by molar-refractivity contribution is 0.147. The van der Waals surface area contributed by atoms with Crippen molar-refractivity contribution in [2.45, 2.75) is 32.0 Å². The zero-order valence-electron chi connectivity index (χ0n) is 12.3. The first-order chi connectivity index (χ1) is 10.2. The summed E-state index contributed by atoms with van der Waals surface area (Å²) in [5.41, 5.74) is 6.39. The molecule has 6 nitrogen and oxygen atoms in total. The van der Waals surface area contributed by atoms with Crippen LogP contribution in [-0.2, 0) is 6.67 Å². The van der Waals surface area contributed by atoms with Gasteiger partial charge in [-0.25, -0.2) is 0 Å². The molecule has 2 atom stereocenters. The van der Waals surface area contributed by atoms with Gasteiger partial charge in [0.1, 0.15) is 5.52 Å².